The minimum atomic E-state index is -0.294. The third-order valence-corrected chi connectivity index (χ3v) is 3.23. The Balaban J connectivity index is 2.27. The molecule has 0 radical (unpaired) electrons. The maximum absolute atomic E-state index is 9.34. The number of hydrogen-bond acceptors (Lipinski definition) is 2. The Morgan fingerprint density at radius 1 is 1.46 bits per heavy atom. The van der Waals surface area contributed by atoms with Crippen LogP contribution in [0.5, 0.6) is 0 Å². The first-order valence-corrected chi connectivity index (χ1v) is 5.48. The van der Waals surface area contributed by atoms with Gasteiger partial charge in [0.1, 0.15) is 0 Å². The summed E-state index contributed by atoms with van der Waals surface area (Å²) in [6.07, 6.45) is 5.47. The highest BCUT2D eigenvalue weighted by Crippen LogP contribution is 2.28. The second-order valence-corrected chi connectivity index (χ2v) is 4.71. The summed E-state index contributed by atoms with van der Waals surface area (Å²) in [6.45, 7) is 5.24. The largest absolute Gasteiger partial charge is 0.437 e. The Kier molecular flexibility index (Phi) is 4.27. The van der Waals surface area contributed by atoms with Crippen molar-refractivity contribution in [3.05, 3.63) is 0 Å². The van der Waals surface area contributed by atoms with Gasteiger partial charge in [-0.05, 0) is 45.1 Å². The van der Waals surface area contributed by atoms with Crippen molar-refractivity contribution >= 4 is 7.05 Å². The quantitative estimate of drug-likeness (QED) is 0.675. The Morgan fingerprint density at radius 2 is 2.15 bits per heavy atom. The van der Waals surface area contributed by atoms with E-state index in [-0.39, 0.29) is 7.05 Å². The summed E-state index contributed by atoms with van der Waals surface area (Å²) in [5.74, 6) is 1.70. The van der Waals surface area contributed by atoms with E-state index < -0.39 is 0 Å². The van der Waals surface area contributed by atoms with Gasteiger partial charge in [0, 0.05) is 0 Å². The zero-order chi connectivity index (χ0) is 9.84. The van der Waals surface area contributed by atoms with Crippen LogP contribution in [0.15, 0.2) is 0 Å². The molecule has 0 heterocycles. The number of nitrogens with zero attached hydrogens (tertiary/aromatic N) is 1. The van der Waals surface area contributed by atoms with Crippen molar-refractivity contribution < 1.29 is 5.02 Å². The first-order chi connectivity index (χ1) is 6.09. The maximum Gasteiger partial charge on any atom is 0.376 e. The van der Waals surface area contributed by atoms with Crippen LogP contribution in [0.25, 0.3) is 0 Å². The van der Waals surface area contributed by atoms with E-state index in [4.69, 9.17) is 0 Å². The van der Waals surface area contributed by atoms with Crippen LogP contribution in [0, 0.1) is 11.8 Å². The molecule has 1 N–H and O–H groups in total. The van der Waals surface area contributed by atoms with Crippen molar-refractivity contribution in [2.75, 3.05) is 13.6 Å². The lowest BCUT2D eigenvalue weighted by atomic mass is 9.79. The molecule has 0 bridgehead atoms. The van der Waals surface area contributed by atoms with Crippen molar-refractivity contribution in [1.82, 2.24) is 4.81 Å². The molecule has 3 heteroatoms. The van der Waals surface area contributed by atoms with Gasteiger partial charge in [0.15, 0.2) is 0 Å². The van der Waals surface area contributed by atoms with Crippen LogP contribution in [0.2, 0.25) is 6.82 Å². The van der Waals surface area contributed by atoms with E-state index >= 15 is 0 Å². The van der Waals surface area contributed by atoms with Crippen LogP contribution in [0.3, 0.4) is 0 Å². The average Bonchev–Trinajstić information content (AvgIpc) is 2.04. The lowest BCUT2D eigenvalue weighted by Crippen LogP contribution is -2.38. The SMILES string of the molecule is CB(O)N(C)C[C@H]1CCC[C@@H](C)C1. The molecule has 1 fully saturated rings. The Hall–Kier alpha value is -0.0151. The van der Waals surface area contributed by atoms with Gasteiger partial charge in [0.25, 0.3) is 0 Å². The fourth-order valence-electron chi connectivity index (χ4n) is 2.29. The molecule has 0 spiro atoms. The maximum atomic E-state index is 9.34. The van der Waals surface area contributed by atoms with E-state index in [1.54, 1.807) is 0 Å². The molecule has 1 aliphatic carbocycles. The third kappa shape index (κ3) is 3.69. The van der Waals surface area contributed by atoms with Crippen molar-refractivity contribution in [3.8, 4) is 0 Å². The smallest absolute Gasteiger partial charge is 0.376 e. The molecule has 0 aliphatic heterocycles. The molecule has 0 aromatic rings. The number of rotatable bonds is 3. The van der Waals surface area contributed by atoms with E-state index in [1.165, 1.54) is 25.7 Å². The van der Waals surface area contributed by atoms with Gasteiger partial charge in [-0.3, -0.25) is 0 Å². The van der Waals surface area contributed by atoms with Gasteiger partial charge < -0.3 is 9.83 Å². The van der Waals surface area contributed by atoms with Crippen molar-refractivity contribution in [3.63, 3.8) is 0 Å². The minimum absolute atomic E-state index is 0.294. The summed E-state index contributed by atoms with van der Waals surface area (Å²) in [4.78, 5) is 2.04. The van der Waals surface area contributed by atoms with Crippen LogP contribution in [-0.4, -0.2) is 30.5 Å². The summed E-state index contributed by atoms with van der Waals surface area (Å²) in [6, 6.07) is 0. The molecule has 0 amide bonds. The van der Waals surface area contributed by atoms with E-state index in [2.05, 4.69) is 6.92 Å². The van der Waals surface area contributed by atoms with Gasteiger partial charge in [0.2, 0.25) is 0 Å². The van der Waals surface area contributed by atoms with E-state index in [0.29, 0.717) is 0 Å². The van der Waals surface area contributed by atoms with Crippen molar-refractivity contribution in [1.29, 1.82) is 0 Å². The zero-order valence-electron chi connectivity index (χ0n) is 9.16. The topological polar surface area (TPSA) is 23.5 Å². The third-order valence-electron chi connectivity index (χ3n) is 3.23. The highest BCUT2D eigenvalue weighted by atomic mass is 16.2. The number of hydrogen-bond donors (Lipinski definition) is 1. The highest BCUT2D eigenvalue weighted by molar-refractivity contribution is 6.45. The second kappa shape index (κ2) is 5.01. The molecule has 1 aliphatic rings. The molecule has 2 atom stereocenters. The second-order valence-electron chi connectivity index (χ2n) is 4.71. The molecule has 76 valence electrons. The van der Waals surface area contributed by atoms with Gasteiger partial charge in [-0.25, -0.2) is 0 Å². The van der Waals surface area contributed by atoms with Crippen LogP contribution in [0.1, 0.15) is 32.6 Å². The molecule has 0 saturated heterocycles. The highest BCUT2D eigenvalue weighted by Gasteiger charge is 2.22. The predicted molar refractivity (Wildman–Crippen MR) is 57.6 cm³/mol. The van der Waals surface area contributed by atoms with Crippen LogP contribution >= 0.6 is 0 Å². The van der Waals surface area contributed by atoms with E-state index in [9.17, 15) is 5.02 Å². The molecule has 0 unspecified atom stereocenters. The minimum Gasteiger partial charge on any atom is -0.437 e. The summed E-state index contributed by atoms with van der Waals surface area (Å²) < 4.78 is 0. The van der Waals surface area contributed by atoms with Crippen LogP contribution in [0.4, 0.5) is 0 Å². The van der Waals surface area contributed by atoms with Gasteiger partial charge in [-0.1, -0.05) is 19.8 Å². The van der Waals surface area contributed by atoms with Crippen molar-refractivity contribution in [2.24, 2.45) is 11.8 Å². The Morgan fingerprint density at radius 3 is 2.69 bits per heavy atom. The molecule has 0 aromatic heterocycles. The van der Waals surface area contributed by atoms with E-state index in [0.717, 1.165) is 18.4 Å². The van der Waals surface area contributed by atoms with E-state index in [1.807, 2.05) is 18.7 Å². The monoisotopic (exact) mass is 183 g/mol. The summed E-state index contributed by atoms with van der Waals surface area (Å²) >= 11 is 0. The summed E-state index contributed by atoms with van der Waals surface area (Å²) in [5.41, 5.74) is 0. The Bertz CT molecular complexity index is 152. The van der Waals surface area contributed by atoms with Gasteiger partial charge >= 0.3 is 7.05 Å². The molecule has 2 nitrogen and oxygen atoms in total. The lowest BCUT2D eigenvalue weighted by molar-refractivity contribution is 0.239. The lowest BCUT2D eigenvalue weighted by Gasteiger charge is -2.30. The summed E-state index contributed by atoms with van der Waals surface area (Å²) in [7, 11) is 1.71. The van der Waals surface area contributed by atoms with Gasteiger partial charge in [-0.2, -0.15) is 0 Å². The fraction of sp³-hybridized carbons (Fsp3) is 1.00. The van der Waals surface area contributed by atoms with Crippen molar-refractivity contribution in [2.45, 2.75) is 39.4 Å². The molecular formula is C10H22BNO. The zero-order valence-corrected chi connectivity index (χ0v) is 9.16. The standard InChI is InChI=1S/C10H22BNO/c1-9-5-4-6-10(7-9)8-12(3)11(2)13/h9-10,13H,4-8H2,1-3H3/t9-,10+/m1/s1. The van der Waals surface area contributed by atoms with Gasteiger partial charge in [-0.15, -0.1) is 0 Å². The molecule has 0 aromatic carbocycles. The molecule has 1 saturated carbocycles. The summed E-state index contributed by atoms with van der Waals surface area (Å²) in [5, 5.41) is 9.34. The average molecular weight is 183 g/mol. The van der Waals surface area contributed by atoms with Gasteiger partial charge in [0.05, 0.1) is 0 Å². The molecule has 13 heavy (non-hydrogen) atoms. The van der Waals surface area contributed by atoms with Crippen LogP contribution in [-0.2, 0) is 0 Å². The first kappa shape index (κ1) is 11.1. The Labute approximate surface area is 82.5 Å². The fourth-order valence-corrected chi connectivity index (χ4v) is 2.29. The first-order valence-electron chi connectivity index (χ1n) is 5.48. The normalized spacial score (nSPS) is 29.3. The molecule has 1 rings (SSSR count). The van der Waals surface area contributed by atoms with Crippen LogP contribution < -0.4 is 0 Å². The molecular weight excluding hydrogens is 161 g/mol. The predicted octanol–water partition coefficient (Wildman–Crippen LogP) is 1.85.